The number of benzene rings is 1. The number of likely N-dealkylation sites (tertiary alicyclic amines) is 1. The Morgan fingerprint density at radius 1 is 1.09 bits per heavy atom. The van der Waals surface area contributed by atoms with Crippen LogP contribution in [0.25, 0.3) is 0 Å². The van der Waals surface area contributed by atoms with Crippen LogP contribution in [0.2, 0.25) is 0 Å². The summed E-state index contributed by atoms with van der Waals surface area (Å²) in [4.78, 5) is 16.6. The smallest absolute Gasteiger partial charge is 0.230 e. The van der Waals surface area contributed by atoms with E-state index in [9.17, 15) is 4.79 Å². The number of thioether (sulfide) groups is 1. The average Bonchev–Trinajstić information content (AvgIpc) is 2.92. The molecule has 22 heavy (non-hydrogen) atoms. The van der Waals surface area contributed by atoms with Crippen LogP contribution in [0.4, 0.5) is 0 Å². The van der Waals surface area contributed by atoms with Crippen LogP contribution >= 0.6 is 11.8 Å². The molecule has 0 aliphatic carbocycles. The van der Waals surface area contributed by atoms with Crippen LogP contribution in [0.15, 0.2) is 29.2 Å². The zero-order chi connectivity index (χ0) is 14.9. The lowest BCUT2D eigenvalue weighted by atomic mass is 9.92. The number of hydrogen-bond donors (Lipinski definition) is 1. The van der Waals surface area contributed by atoms with E-state index in [0.29, 0.717) is 5.91 Å². The maximum atomic E-state index is 13.1. The summed E-state index contributed by atoms with van der Waals surface area (Å²) in [5.74, 6) is 3.10. The van der Waals surface area contributed by atoms with Crippen molar-refractivity contribution in [3.05, 3.63) is 29.8 Å². The molecule has 3 atom stereocenters. The van der Waals surface area contributed by atoms with Gasteiger partial charge in [0.1, 0.15) is 0 Å². The maximum Gasteiger partial charge on any atom is 0.230 e. The summed E-state index contributed by atoms with van der Waals surface area (Å²) in [6.07, 6.45) is 3.34. The molecule has 3 aliphatic heterocycles. The molecule has 0 aromatic heterocycles. The highest BCUT2D eigenvalue weighted by molar-refractivity contribution is 7.99. The molecule has 0 bridgehead atoms. The second-order valence-electron chi connectivity index (χ2n) is 6.81. The molecule has 2 saturated heterocycles. The van der Waals surface area contributed by atoms with Crippen LogP contribution in [0.1, 0.15) is 30.7 Å². The summed E-state index contributed by atoms with van der Waals surface area (Å²) in [6.45, 7) is 4.20. The van der Waals surface area contributed by atoms with E-state index in [2.05, 4.69) is 34.5 Å². The predicted molar refractivity (Wildman–Crippen MR) is 90.2 cm³/mol. The summed E-state index contributed by atoms with van der Waals surface area (Å²) in [6, 6.07) is 8.47. The zero-order valence-corrected chi connectivity index (χ0v) is 13.8. The predicted octanol–water partition coefficient (Wildman–Crippen LogP) is 2.72. The first-order valence-corrected chi connectivity index (χ1v) is 9.52. The quantitative estimate of drug-likeness (QED) is 0.864. The highest BCUT2D eigenvalue weighted by Gasteiger charge is 2.35. The molecule has 1 unspecified atom stereocenters. The summed E-state index contributed by atoms with van der Waals surface area (Å²) < 4.78 is 0. The van der Waals surface area contributed by atoms with E-state index >= 15 is 0 Å². The minimum absolute atomic E-state index is 0.0912. The molecular weight excluding hydrogens is 292 g/mol. The van der Waals surface area contributed by atoms with Crippen molar-refractivity contribution in [2.45, 2.75) is 30.1 Å². The number of rotatable bonds is 1. The molecule has 3 nitrogen and oxygen atoms in total. The number of carbonyl (C=O) groups is 1. The molecule has 1 amide bonds. The van der Waals surface area contributed by atoms with Gasteiger partial charge < -0.3 is 10.2 Å². The Bertz CT molecular complexity index is 548. The van der Waals surface area contributed by atoms with Gasteiger partial charge in [-0.25, -0.2) is 0 Å². The van der Waals surface area contributed by atoms with Crippen LogP contribution in [-0.2, 0) is 4.79 Å². The van der Waals surface area contributed by atoms with Crippen molar-refractivity contribution in [2.24, 2.45) is 11.8 Å². The minimum atomic E-state index is 0.0912. The van der Waals surface area contributed by atoms with Crippen LogP contribution in [0.5, 0.6) is 0 Å². The molecule has 0 spiro atoms. The largest absolute Gasteiger partial charge is 0.342 e. The second-order valence-corrected chi connectivity index (χ2v) is 7.95. The van der Waals surface area contributed by atoms with E-state index in [1.54, 1.807) is 0 Å². The second kappa shape index (κ2) is 6.25. The fourth-order valence-corrected chi connectivity index (χ4v) is 5.38. The number of hydrogen-bond acceptors (Lipinski definition) is 3. The molecule has 1 aromatic carbocycles. The maximum absolute atomic E-state index is 13.1. The van der Waals surface area contributed by atoms with Gasteiger partial charge in [-0.05, 0) is 61.6 Å². The molecule has 3 heterocycles. The van der Waals surface area contributed by atoms with E-state index < -0.39 is 0 Å². The van der Waals surface area contributed by atoms with Crippen LogP contribution in [-0.4, -0.2) is 42.7 Å². The summed E-state index contributed by atoms with van der Waals surface area (Å²) in [5.41, 5.74) is 1.26. The standard InChI is InChI=1S/C18H24N2OS/c21-18(16-7-10-22-17-4-2-1-3-15(16)17)20-8-5-13-11-19-12-14(13)6-9-20/h1-4,13-14,16,19H,5-12H2/t13-,14+,16?. The number of amides is 1. The molecule has 118 valence electrons. The van der Waals surface area contributed by atoms with Crippen molar-refractivity contribution in [1.82, 2.24) is 10.2 Å². The highest BCUT2D eigenvalue weighted by Crippen LogP contribution is 2.39. The Hall–Kier alpha value is -1.00. The van der Waals surface area contributed by atoms with E-state index in [1.807, 2.05) is 11.8 Å². The Balaban J connectivity index is 1.50. The van der Waals surface area contributed by atoms with Gasteiger partial charge in [-0.2, -0.15) is 0 Å². The number of nitrogens with one attached hydrogen (secondary N) is 1. The van der Waals surface area contributed by atoms with Gasteiger partial charge in [0.05, 0.1) is 5.92 Å². The number of fused-ring (bicyclic) bond motifs is 2. The minimum Gasteiger partial charge on any atom is -0.342 e. The lowest BCUT2D eigenvalue weighted by molar-refractivity contribution is -0.133. The molecule has 4 rings (SSSR count). The van der Waals surface area contributed by atoms with Gasteiger partial charge >= 0.3 is 0 Å². The third-order valence-corrected chi connectivity index (χ3v) is 6.71. The highest BCUT2D eigenvalue weighted by atomic mass is 32.2. The first kappa shape index (κ1) is 14.6. The molecular formula is C18H24N2OS. The molecule has 1 N–H and O–H groups in total. The molecule has 3 aliphatic rings. The first-order valence-electron chi connectivity index (χ1n) is 8.54. The van der Waals surface area contributed by atoms with Gasteiger partial charge in [0, 0.05) is 18.0 Å². The van der Waals surface area contributed by atoms with E-state index in [4.69, 9.17) is 0 Å². The van der Waals surface area contributed by atoms with Gasteiger partial charge in [-0.1, -0.05) is 18.2 Å². The molecule has 1 aromatic rings. The van der Waals surface area contributed by atoms with Crippen molar-refractivity contribution in [1.29, 1.82) is 0 Å². The van der Waals surface area contributed by atoms with Crippen molar-refractivity contribution in [2.75, 3.05) is 31.9 Å². The molecule has 0 radical (unpaired) electrons. The van der Waals surface area contributed by atoms with Gasteiger partial charge in [0.25, 0.3) is 0 Å². The van der Waals surface area contributed by atoms with Crippen molar-refractivity contribution >= 4 is 17.7 Å². The SMILES string of the molecule is O=C(C1CCSc2ccccc21)N1CC[C@@H]2CNC[C@@H]2CC1. The summed E-state index contributed by atoms with van der Waals surface area (Å²) in [5, 5.41) is 3.51. The number of carbonyl (C=O) groups excluding carboxylic acids is 1. The van der Waals surface area contributed by atoms with Crippen LogP contribution in [0.3, 0.4) is 0 Å². The molecule has 0 saturated carbocycles. The average molecular weight is 316 g/mol. The zero-order valence-electron chi connectivity index (χ0n) is 13.0. The van der Waals surface area contributed by atoms with Gasteiger partial charge in [-0.3, -0.25) is 4.79 Å². The van der Waals surface area contributed by atoms with Crippen LogP contribution < -0.4 is 5.32 Å². The fraction of sp³-hybridized carbons (Fsp3) is 0.611. The van der Waals surface area contributed by atoms with Crippen molar-refractivity contribution < 1.29 is 4.79 Å². The monoisotopic (exact) mass is 316 g/mol. The molecule has 4 heteroatoms. The Morgan fingerprint density at radius 2 is 1.82 bits per heavy atom. The lowest BCUT2D eigenvalue weighted by Crippen LogP contribution is -2.37. The summed E-state index contributed by atoms with van der Waals surface area (Å²) >= 11 is 1.90. The van der Waals surface area contributed by atoms with Gasteiger partial charge in [-0.15, -0.1) is 11.8 Å². The summed E-state index contributed by atoms with van der Waals surface area (Å²) in [7, 11) is 0. The topological polar surface area (TPSA) is 32.3 Å². The number of nitrogens with zero attached hydrogens (tertiary/aromatic N) is 1. The van der Waals surface area contributed by atoms with E-state index in [0.717, 1.165) is 50.2 Å². The Labute approximate surface area is 136 Å². The van der Waals surface area contributed by atoms with Crippen molar-refractivity contribution in [3.63, 3.8) is 0 Å². The van der Waals surface area contributed by atoms with Crippen LogP contribution in [0, 0.1) is 11.8 Å². The first-order chi connectivity index (χ1) is 10.8. The van der Waals surface area contributed by atoms with Crippen molar-refractivity contribution in [3.8, 4) is 0 Å². The third-order valence-electron chi connectivity index (χ3n) is 5.59. The Kier molecular flexibility index (Phi) is 4.14. The van der Waals surface area contributed by atoms with Gasteiger partial charge in [0.15, 0.2) is 0 Å². The molecule has 2 fully saturated rings. The lowest BCUT2D eigenvalue weighted by Gasteiger charge is -2.30. The van der Waals surface area contributed by atoms with Gasteiger partial charge in [0.2, 0.25) is 5.91 Å². The normalized spacial score (nSPS) is 31.3. The van der Waals surface area contributed by atoms with E-state index in [-0.39, 0.29) is 5.92 Å². The fourth-order valence-electron chi connectivity index (χ4n) is 4.26. The Morgan fingerprint density at radius 3 is 2.59 bits per heavy atom. The van der Waals surface area contributed by atoms with E-state index in [1.165, 1.54) is 23.3 Å². The third kappa shape index (κ3) is 2.67.